The van der Waals surface area contributed by atoms with Crippen molar-refractivity contribution in [1.82, 2.24) is 4.83 Å². The molecule has 1 aliphatic heterocycles. The Morgan fingerprint density at radius 1 is 1.45 bits per heavy atom. The third-order valence-electron chi connectivity index (χ3n) is 1.39. The lowest BCUT2D eigenvalue weighted by atomic mass is 10.2. The van der Waals surface area contributed by atoms with Crippen LogP contribution in [-0.2, 0) is 0 Å². The zero-order valence-corrected chi connectivity index (χ0v) is 6.36. The van der Waals surface area contributed by atoms with E-state index in [4.69, 9.17) is 0 Å². The van der Waals surface area contributed by atoms with Gasteiger partial charge in [-0.05, 0) is 18.2 Å². The molecule has 2 nitrogen and oxygen atoms in total. The quantitative estimate of drug-likeness (QED) is 0.597. The highest BCUT2D eigenvalue weighted by atomic mass is 32.2. The number of benzene rings is 1. The summed E-state index contributed by atoms with van der Waals surface area (Å²) in [5.74, 6) is -0.214. The highest BCUT2D eigenvalue weighted by molar-refractivity contribution is 7.97. The molecule has 1 aromatic carbocycles. The smallest absolute Gasteiger partial charge is 0.124 e. The van der Waals surface area contributed by atoms with Gasteiger partial charge in [0.1, 0.15) is 5.82 Å². The predicted octanol–water partition coefficient (Wildman–Crippen LogP) is 1.77. The Labute approximate surface area is 67.6 Å². The van der Waals surface area contributed by atoms with E-state index < -0.39 is 0 Å². The Morgan fingerprint density at radius 2 is 2.36 bits per heavy atom. The molecule has 0 aliphatic carbocycles. The first-order chi connectivity index (χ1) is 5.36. The van der Waals surface area contributed by atoms with E-state index in [0.29, 0.717) is 0 Å². The van der Waals surface area contributed by atoms with Gasteiger partial charge in [-0.15, -0.1) is 0 Å². The summed E-state index contributed by atoms with van der Waals surface area (Å²) in [6, 6.07) is 4.62. The maximum atomic E-state index is 12.6. The predicted molar refractivity (Wildman–Crippen MR) is 43.0 cm³/mol. The van der Waals surface area contributed by atoms with Gasteiger partial charge >= 0.3 is 0 Å². The van der Waals surface area contributed by atoms with Crippen LogP contribution in [0.15, 0.2) is 28.2 Å². The van der Waals surface area contributed by atoms with Crippen LogP contribution in [0.5, 0.6) is 0 Å². The average molecular weight is 168 g/mol. The number of nitrogens with zero attached hydrogens (tertiary/aromatic N) is 1. The molecule has 0 bridgehead atoms. The summed E-state index contributed by atoms with van der Waals surface area (Å²) in [5, 5.41) is 3.81. The van der Waals surface area contributed by atoms with Gasteiger partial charge in [0.2, 0.25) is 0 Å². The van der Waals surface area contributed by atoms with Crippen LogP contribution >= 0.6 is 11.9 Å². The van der Waals surface area contributed by atoms with Gasteiger partial charge in [-0.25, -0.2) is 9.22 Å². The van der Waals surface area contributed by atoms with Gasteiger partial charge in [-0.3, -0.25) is 0 Å². The Kier molecular flexibility index (Phi) is 1.54. The van der Waals surface area contributed by atoms with Crippen LogP contribution in [0, 0.1) is 5.82 Å². The number of nitrogens with one attached hydrogen (secondary N) is 1. The molecule has 0 saturated heterocycles. The maximum absolute atomic E-state index is 12.6. The van der Waals surface area contributed by atoms with Crippen molar-refractivity contribution < 1.29 is 4.39 Å². The maximum Gasteiger partial charge on any atom is 0.124 e. The summed E-state index contributed by atoms with van der Waals surface area (Å²) in [6.45, 7) is 0. The largest absolute Gasteiger partial charge is 0.247 e. The molecule has 0 saturated carbocycles. The van der Waals surface area contributed by atoms with E-state index in [1.807, 2.05) is 0 Å². The molecule has 11 heavy (non-hydrogen) atoms. The Balaban J connectivity index is 2.53. The normalized spacial score (nSPS) is 13.9. The van der Waals surface area contributed by atoms with E-state index in [1.54, 1.807) is 12.3 Å². The van der Waals surface area contributed by atoms with E-state index in [1.165, 1.54) is 24.1 Å². The van der Waals surface area contributed by atoms with Crippen molar-refractivity contribution in [3.05, 3.63) is 29.6 Å². The molecule has 1 aromatic rings. The second-order valence-electron chi connectivity index (χ2n) is 2.13. The number of hydrazone groups is 1. The van der Waals surface area contributed by atoms with Crippen LogP contribution in [0.4, 0.5) is 4.39 Å². The molecule has 4 heteroatoms. The summed E-state index contributed by atoms with van der Waals surface area (Å²) in [7, 11) is 0. The fraction of sp³-hybridized carbons (Fsp3) is 0. The van der Waals surface area contributed by atoms with Gasteiger partial charge in [0.05, 0.1) is 6.21 Å². The summed E-state index contributed by atoms with van der Waals surface area (Å²) < 4.78 is 12.6. The first-order valence-electron chi connectivity index (χ1n) is 3.11. The summed E-state index contributed by atoms with van der Waals surface area (Å²) in [5.41, 5.74) is 0.954. The van der Waals surface area contributed by atoms with Gasteiger partial charge in [0.15, 0.2) is 0 Å². The van der Waals surface area contributed by atoms with Crippen molar-refractivity contribution in [1.29, 1.82) is 0 Å². The number of halogens is 1. The standard InChI is InChI=1S/C7H5FN2S/c8-6-2-1-5-4-9-10-11-7(5)3-6/h1-4,10H. The van der Waals surface area contributed by atoms with Crippen molar-refractivity contribution in [2.24, 2.45) is 5.10 Å². The lowest BCUT2D eigenvalue weighted by Crippen LogP contribution is -2.02. The zero-order chi connectivity index (χ0) is 7.68. The molecule has 0 unspecified atom stereocenters. The molecule has 1 heterocycles. The molecule has 0 amide bonds. The molecule has 0 spiro atoms. The first-order valence-corrected chi connectivity index (χ1v) is 3.92. The highest BCUT2D eigenvalue weighted by Gasteiger charge is 2.05. The van der Waals surface area contributed by atoms with Crippen molar-refractivity contribution in [2.45, 2.75) is 4.90 Å². The molecule has 1 aliphatic rings. The van der Waals surface area contributed by atoms with Gasteiger partial charge in [-0.2, -0.15) is 5.10 Å². The van der Waals surface area contributed by atoms with Crippen LogP contribution in [0.1, 0.15) is 5.56 Å². The lowest BCUT2D eigenvalue weighted by molar-refractivity contribution is 0.624. The molecule has 0 radical (unpaired) electrons. The van der Waals surface area contributed by atoms with Crippen LogP contribution in [0.25, 0.3) is 0 Å². The van der Waals surface area contributed by atoms with Crippen LogP contribution in [-0.4, -0.2) is 6.21 Å². The van der Waals surface area contributed by atoms with E-state index in [9.17, 15) is 4.39 Å². The topological polar surface area (TPSA) is 24.4 Å². The molecular formula is C7H5FN2S. The number of hydrogen-bond acceptors (Lipinski definition) is 3. The monoisotopic (exact) mass is 168 g/mol. The first kappa shape index (κ1) is 6.67. The Hall–Kier alpha value is -1.03. The number of hydrogen-bond donors (Lipinski definition) is 1. The summed E-state index contributed by atoms with van der Waals surface area (Å²) in [6.07, 6.45) is 1.67. The van der Waals surface area contributed by atoms with Gasteiger partial charge in [0.25, 0.3) is 0 Å². The molecular weight excluding hydrogens is 163 g/mol. The minimum Gasteiger partial charge on any atom is -0.247 e. The van der Waals surface area contributed by atoms with Gasteiger partial charge in [0, 0.05) is 22.4 Å². The average Bonchev–Trinajstić information content (AvgIpc) is 2.04. The van der Waals surface area contributed by atoms with E-state index in [2.05, 4.69) is 9.93 Å². The third kappa shape index (κ3) is 1.21. The Bertz CT molecular complexity index is 311. The third-order valence-corrected chi connectivity index (χ3v) is 2.16. The van der Waals surface area contributed by atoms with Crippen LogP contribution in [0.2, 0.25) is 0 Å². The second kappa shape index (κ2) is 2.54. The Morgan fingerprint density at radius 3 is 3.27 bits per heavy atom. The summed E-state index contributed by atoms with van der Waals surface area (Å²) in [4.78, 5) is 3.56. The van der Waals surface area contributed by atoms with Crippen molar-refractivity contribution in [2.75, 3.05) is 0 Å². The fourth-order valence-corrected chi connectivity index (χ4v) is 1.49. The zero-order valence-electron chi connectivity index (χ0n) is 5.54. The van der Waals surface area contributed by atoms with Crippen molar-refractivity contribution in [3.8, 4) is 0 Å². The molecule has 1 N–H and O–H groups in total. The number of rotatable bonds is 0. The second-order valence-corrected chi connectivity index (χ2v) is 2.96. The van der Waals surface area contributed by atoms with Crippen molar-refractivity contribution in [3.63, 3.8) is 0 Å². The van der Waals surface area contributed by atoms with Crippen molar-refractivity contribution >= 4 is 18.2 Å². The SMILES string of the molecule is Fc1ccc2c(c1)SNN=C2. The summed E-state index contributed by atoms with van der Waals surface area (Å²) >= 11 is 1.31. The van der Waals surface area contributed by atoms with Crippen LogP contribution in [0.3, 0.4) is 0 Å². The van der Waals surface area contributed by atoms with E-state index in [-0.39, 0.29) is 5.82 Å². The molecule has 0 atom stereocenters. The fourth-order valence-electron chi connectivity index (χ4n) is 0.875. The highest BCUT2D eigenvalue weighted by Crippen LogP contribution is 2.22. The molecule has 0 fully saturated rings. The minimum absolute atomic E-state index is 0.214. The van der Waals surface area contributed by atoms with E-state index in [0.717, 1.165) is 10.5 Å². The van der Waals surface area contributed by atoms with Gasteiger partial charge < -0.3 is 0 Å². The van der Waals surface area contributed by atoms with E-state index >= 15 is 0 Å². The minimum atomic E-state index is -0.214. The van der Waals surface area contributed by atoms with Crippen LogP contribution < -0.4 is 4.83 Å². The molecule has 2 rings (SSSR count). The number of fused-ring (bicyclic) bond motifs is 1. The molecule has 56 valence electrons. The lowest BCUT2D eigenvalue weighted by Gasteiger charge is -2.08. The molecule has 0 aromatic heterocycles. The van der Waals surface area contributed by atoms with Gasteiger partial charge in [-0.1, -0.05) is 0 Å².